The lowest BCUT2D eigenvalue weighted by molar-refractivity contribution is 1.18. The van der Waals surface area contributed by atoms with Gasteiger partial charge in [0.05, 0.1) is 0 Å². The van der Waals surface area contributed by atoms with E-state index in [9.17, 15) is 0 Å². The van der Waals surface area contributed by atoms with Gasteiger partial charge in [0.15, 0.2) is 0 Å². The molecule has 2 nitrogen and oxygen atoms in total. The molecule has 0 saturated carbocycles. The summed E-state index contributed by atoms with van der Waals surface area (Å²) in [6, 6.07) is 1.85. The summed E-state index contributed by atoms with van der Waals surface area (Å²) in [4.78, 5) is 4.06. The Bertz CT molecular complexity index is 290. The van der Waals surface area contributed by atoms with E-state index in [1.165, 1.54) is 6.21 Å². The van der Waals surface area contributed by atoms with Crippen LogP contribution in [0.2, 0.25) is 0 Å². The zero-order valence-corrected chi connectivity index (χ0v) is 8.46. The van der Waals surface area contributed by atoms with Gasteiger partial charge in [0, 0.05) is 23.7 Å². The molecule has 1 aromatic rings. The van der Waals surface area contributed by atoms with Gasteiger partial charge >= 0.3 is 0 Å². The monoisotopic (exact) mass is 176 g/mol. The van der Waals surface area contributed by atoms with Gasteiger partial charge in [-0.3, -0.25) is 4.98 Å². The Labute approximate surface area is 79.8 Å². The van der Waals surface area contributed by atoms with Gasteiger partial charge in [0.2, 0.25) is 0 Å². The summed E-state index contributed by atoms with van der Waals surface area (Å²) in [5, 5.41) is 7.12. The van der Waals surface area contributed by atoms with Crippen LogP contribution in [0.25, 0.3) is 6.08 Å². The van der Waals surface area contributed by atoms with Gasteiger partial charge in [-0.25, -0.2) is 0 Å². The molecular formula is C11H16N2. The van der Waals surface area contributed by atoms with Crippen molar-refractivity contribution >= 4 is 12.3 Å². The van der Waals surface area contributed by atoms with Crippen molar-refractivity contribution in [2.45, 2.75) is 20.8 Å². The fourth-order valence-corrected chi connectivity index (χ4v) is 0.963. The predicted octanol–water partition coefficient (Wildman–Crippen LogP) is 3.06. The second kappa shape index (κ2) is 6.12. The Balaban J connectivity index is 0.000000671. The van der Waals surface area contributed by atoms with E-state index in [1.807, 2.05) is 26.8 Å². The molecule has 0 aliphatic carbocycles. The van der Waals surface area contributed by atoms with Gasteiger partial charge in [0.25, 0.3) is 0 Å². The van der Waals surface area contributed by atoms with Crippen molar-refractivity contribution in [2.75, 3.05) is 0 Å². The fraction of sp³-hybridized carbons (Fsp3) is 0.273. The van der Waals surface area contributed by atoms with Gasteiger partial charge in [-0.2, -0.15) is 0 Å². The molecule has 0 aliphatic rings. The average Bonchev–Trinajstić information content (AvgIpc) is 2.20. The smallest absolute Gasteiger partial charge is 0.0466 e. The molecule has 2 heteroatoms. The second-order valence-electron chi connectivity index (χ2n) is 2.25. The third-order valence-electron chi connectivity index (χ3n) is 1.59. The number of aromatic nitrogens is 1. The minimum absolute atomic E-state index is 0.850. The molecule has 0 saturated heterocycles. The highest BCUT2D eigenvalue weighted by molar-refractivity contribution is 5.84. The molecule has 0 fully saturated rings. The number of aryl methyl sites for hydroxylation is 1. The molecule has 0 bridgehead atoms. The fourth-order valence-electron chi connectivity index (χ4n) is 0.963. The van der Waals surface area contributed by atoms with Crippen LogP contribution in [-0.2, 0) is 0 Å². The summed E-state index contributed by atoms with van der Waals surface area (Å²) in [6.45, 7) is 9.53. The SMILES string of the molecule is C=Cc1ccnc(C)c1C=N.CC. The Morgan fingerprint density at radius 3 is 2.46 bits per heavy atom. The lowest BCUT2D eigenvalue weighted by Gasteiger charge is -2.01. The molecule has 13 heavy (non-hydrogen) atoms. The number of pyridine rings is 1. The maximum atomic E-state index is 7.12. The van der Waals surface area contributed by atoms with Crippen molar-refractivity contribution in [2.24, 2.45) is 0 Å². The van der Waals surface area contributed by atoms with E-state index in [-0.39, 0.29) is 0 Å². The van der Waals surface area contributed by atoms with Crippen LogP contribution in [0.5, 0.6) is 0 Å². The van der Waals surface area contributed by atoms with Crippen LogP contribution < -0.4 is 0 Å². The maximum absolute atomic E-state index is 7.12. The number of nitrogens with zero attached hydrogens (tertiary/aromatic N) is 1. The van der Waals surface area contributed by atoms with Crippen molar-refractivity contribution in [1.82, 2.24) is 4.98 Å². The minimum atomic E-state index is 0.850. The zero-order valence-electron chi connectivity index (χ0n) is 8.46. The molecule has 0 aliphatic heterocycles. The highest BCUT2D eigenvalue weighted by Crippen LogP contribution is 2.09. The molecule has 1 rings (SSSR count). The summed E-state index contributed by atoms with van der Waals surface area (Å²) in [7, 11) is 0. The lowest BCUT2D eigenvalue weighted by atomic mass is 10.1. The predicted molar refractivity (Wildman–Crippen MR) is 58.3 cm³/mol. The van der Waals surface area contributed by atoms with Gasteiger partial charge in [-0.15, -0.1) is 0 Å². The normalized spacial score (nSPS) is 8.23. The molecule has 1 heterocycles. The van der Waals surface area contributed by atoms with Gasteiger partial charge in [-0.1, -0.05) is 26.5 Å². The molecule has 0 spiro atoms. The summed E-state index contributed by atoms with van der Waals surface area (Å²) >= 11 is 0. The van der Waals surface area contributed by atoms with Crippen LogP contribution >= 0.6 is 0 Å². The number of hydrogen-bond donors (Lipinski definition) is 1. The standard InChI is InChI=1S/C9H10N2.C2H6/c1-3-8-4-5-11-7(2)9(8)6-10;1-2/h3-6,10H,1H2,2H3;1-2H3. The Kier molecular flexibility index (Phi) is 5.44. The molecule has 1 aromatic heterocycles. The van der Waals surface area contributed by atoms with Gasteiger partial charge in [0.1, 0.15) is 0 Å². The largest absolute Gasteiger partial charge is 0.308 e. The van der Waals surface area contributed by atoms with E-state index >= 15 is 0 Å². The molecule has 0 aromatic carbocycles. The minimum Gasteiger partial charge on any atom is -0.308 e. The van der Waals surface area contributed by atoms with E-state index < -0.39 is 0 Å². The van der Waals surface area contributed by atoms with Crippen LogP contribution in [0.4, 0.5) is 0 Å². The maximum Gasteiger partial charge on any atom is 0.0466 e. The Morgan fingerprint density at radius 2 is 2.08 bits per heavy atom. The summed E-state index contributed by atoms with van der Waals surface area (Å²) < 4.78 is 0. The van der Waals surface area contributed by atoms with E-state index in [2.05, 4.69) is 11.6 Å². The average molecular weight is 176 g/mol. The van der Waals surface area contributed by atoms with Crippen molar-refractivity contribution in [1.29, 1.82) is 5.41 Å². The Hall–Kier alpha value is -1.44. The third-order valence-corrected chi connectivity index (χ3v) is 1.59. The van der Waals surface area contributed by atoms with E-state index in [4.69, 9.17) is 5.41 Å². The van der Waals surface area contributed by atoms with Crippen LogP contribution in [0, 0.1) is 12.3 Å². The summed E-state index contributed by atoms with van der Waals surface area (Å²) in [6.07, 6.45) is 4.76. The highest BCUT2D eigenvalue weighted by Gasteiger charge is 1.98. The molecular weight excluding hydrogens is 160 g/mol. The van der Waals surface area contributed by atoms with Crippen molar-refractivity contribution < 1.29 is 0 Å². The number of rotatable bonds is 2. The molecule has 70 valence electrons. The quantitative estimate of drug-likeness (QED) is 0.691. The van der Waals surface area contributed by atoms with E-state index in [0.717, 1.165) is 16.8 Å². The van der Waals surface area contributed by atoms with Gasteiger partial charge < -0.3 is 5.41 Å². The Morgan fingerprint density at radius 1 is 1.46 bits per heavy atom. The van der Waals surface area contributed by atoms with E-state index in [0.29, 0.717) is 0 Å². The molecule has 1 N–H and O–H groups in total. The van der Waals surface area contributed by atoms with Crippen LogP contribution in [0.3, 0.4) is 0 Å². The highest BCUT2D eigenvalue weighted by atomic mass is 14.7. The zero-order chi connectivity index (χ0) is 10.3. The van der Waals surface area contributed by atoms with Crippen molar-refractivity contribution in [3.05, 3.63) is 35.7 Å². The summed E-state index contributed by atoms with van der Waals surface area (Å²) in [5.74, 6) is 0. The van der Waals surface area contributed by atoms with Crippen molar-refractivity contribution in [3.63, 3.8) is 0 Å². The van der Waals surface area contributed by atoms with Crippen LogP contribution in [0.15, 0.2) is 18.8 Å². The first-order valence-electron chi connectivity index (χ1n) is 4.38. The summed E-state index contributed by atoms with van der Waals surface area (Å²) in [5.41, 5.74) is 2.69. The first-order chi connectivity index (χ1) is 6.29. The third kappa shape index (κ3) is 2.82. The molecule has 0 atom stereocenters. The molecule has 0 amide bonds. The van der Waals surface area contributed by atoms with Crippen molar-refractivity contribution in [3.8, 4) is 0 Å². The first kappa shape index (κ1) is 11.6. The molecule has 0 unspecified atom stereocenters. The van der Waals surface area contributed by atoms with E-state index in [1.54, 1.807) is 12.3 Å². The number of hydrogen-bond acceptors (Lipinski definition) is 2. The number of nitrogens with one attached hydrogen (secondary N) is 1. The topological polar surface area (TPSA) is 36.7 Å². The first-order valence-corrected chi connectivity index (χ1v) is 4.38. The van der Waals surface area contributed by atoms with Crippen LogP contribution in [-0.4, -0.2) is 11.2 Å². The van der Waals surface area contributed by atoms with Gasteiger partial charge in [-0.05, 0) is 18.6 Å². The second-order valence-corrected chi connectivity index (χ2v) is 2.25. The lowest BCUT2D eigenvalue weighted by Crippen LogP contribution is -1.93. The molecule has 0 radical (unpaired) electrons. The van der Waals surface area contributed by atoms with Crippen LogP contribution in [0.1, 0.15) is 30.7 Å².